The summed E-state index contributed by atoms with van der Waals surface area (Å²) >= 11 is 2.86. The third kappa shape index (κ3) is 4.58. The van der Waals surface area contributed by atoms with Gasteiger partial charge in [-0.15, -0.1) is 13.2 Å². The first-order valence-electron chi connectivity index (χ1n) is 4.98. The molecular formula is C10H7BrF5NO3. The molecule has 0 saturated carbocycles. The molecule has 0 aliphatic carbocycles. The van der Waals surface area contributed by atoms with Gasteiger partial charge in [-0.2, -0.15) is 0 Å². The van der Waals surface area contributed by atoms with Crippen LogP contribution in [0.3, 0.4) is 0 Å². The van der Waals surface area contributed by atoms with E-state index in [1.165, 1.54) is 0 Å². The minimum absolute atomic E-state index is 0.190. The molecule has 0 spiro atoms. The number of alkyl halides is 6. The number of nitrogens with zero attached hydrogens (tertiary/aromatic N) is 1. The molecule has 0 bridgehead atoms. The normalized spacial score (nSPS) is 11.8. The van der Waals surface area contributed by atoms with Gasteiger partial charge in [0.1, 0.15) is 11.4 Å². The van der Waals surface area contributed by atoms with Gasteiger partial charge in [0.25, 0.3) is 6.43 Å². The topological polar surface area (TPSA) is 59.4 Å². The van der Waals surface area contributed by atoms with Crippen molar-refractivity contribution in [2.24, 2.45) is 0 Å². The molecule has 20 heavy (non-hydrogen) atoms. The number of aliphatic carboxylic acids is 1. The van der Waals surface area contributed by atoms with Gasteiger partial charge < -0.3 is 9.84 Å². The average molecular weight is 364 g/mol. The molecule has 0 aromatic carbocycles. The molecule has 0 fully saturated rings. The van der Waals surface area contributed by atoms with Crippen LogP contribution in [-0.4, -0.2) is 22.4 Å². The number of carboxylic acid groups (broad SMARTS) is 1. The number of aromatic nitrogens is 1. The number of hydrogen-bond donors (Lipinski definition) is 1. The van der Waals surface area contributed by atoms with Crippen LogP contribution in [0.25, 0.3) is 0 Å². The Hall–Kier alpha value is -1.45. The Kier molecular flexibility index (Phi) is 5.26. The highest BCUT2D eigenvalue weighted by Gasteiger charge is 2.33. The quantitative estimate of drug-likeness (QED) is 0.643. The summed E-state index contributed by atoms with van der Waals surface area (Å²) in [6.07, 6.45) is -9.07. The number of hydrogen-bond acceptors (Lipinski definition) is 3. The molecule has 0 aliphatic rings. The highest BCUT2D eigenvalue weighted by Crippen LogP contribution is 2.32. The van der Waals surface area contributed by atoms with E-state index in [4.69, 9.17) is 5.11 Å². The first-order valence-corrected chi connectivity index (χ1v) is 6.10. The van der Waals surface area contributed by atoms with Crippen molar-refractivity contribution in [3.63, 3.8) is 0 Å². The summed E-state index contributed by atoms with van der Waals surface area (Å²) in [6, 6.07) is 0.391. The Bertz CT molecular complexity index is 506. The fraction of sp³-hybridized carbons (Fsp3) is 0.400. The number of halogens is 6. The molecule has 10 heteroatoms. The van der Waals surface area contributed by atoms with E-state index >= 15 is 0 Å². The van der Waals surface area contributed by atoms with Crippen LogP contribution in [0, 0.1) is 0 Å². The minimum atomic E-state index is -5.13. The molecule has 1 heterocycles. The number of pyridine rings is 1. The zero-order chi connectivity index (χ0) is 15.5. The van der Waals surface area contributed by atoms with Crippen LogP contribution in [0.1, 0.15) is 23.4 Å². The number of carbonyl (C=O) groups is 1. The van der Waals surface area contributed by atoms with Crippen LogP contribution in [0.15, 0.2) is 6.07 Å². The highest BCUT2D eigenvalue weighted by atomic mass is 79.9. The molecular weight excluding hydrogens is 357 g/mol. The molecule has 1 rings (SSSR count). The summed E-state index contributed by atoms with van der Waals surface area (Å²) in [6.45, 7) is 0. The maximum atomic E-state index is 12.6. The lowest BCUT2D eigenvalue weighted by Crippen LogP contribution is -2.20. The maximum absolute atomic E-state index is 12.6. The molecule has 0 radical (unpaired) electrons. The molecule has 0 saturated heterocycles. The molecule has 1 N–H and O–H groups in total. The van der Waals surface area contributed by atoms with Crippen molar-refractivity contribution < 1.29 is 36.6 Å². The van der Waals surface area contributed by atoms with E-state index in [-0.39, 0.29) is 11.0 Å². The van der Waals surface area contributed by atoms with Crippen molar-refractivity contribution in [3.8, 4) is 5.75 Å². The van der Waals surface area contributed by atoms with Crippen molar-refractivity contribution in [2.45, 2.75) is 24.5 Å². The Morgan fingerprint density at radius 1 is 1.45 bits per heavy atom. The standard InChI is InChI=1S/C10H7BrF5NO3/c11-3-6-4(1-8(18)19)7(20-10(14,15)16)2-5(17-6)9(12)13/h2,9H,1,3H2,(H,18,19). The molecule has 0 amide bonds. The van der Waals surface area contributed by atoms with Crippen molar-refractivity contribution in [1.82, 2.24) is 4.98 Å². The third-order valence-electron chi connectivity index (χ3n) is 2.09. The predicted octanol–water partition coefficient (Wildman–Crippen LogP) is 3.44. The van der Waals surface area contributed by atoms with Crippen LogP contribution in [-0.2, 0) is 16.5 Å². The molecule has 112 valence electrons. The summed E-state index contributed by atoms with van der Waals surface area (Å²) in [4.78, 5) is 14.1. The molecule has 1 aromatic rings. The van der Waals surface area contributed by atoms with Gasteiger partial charge in [-0.25, -0.2) is 8.78 Å². The Morgan fingerprint density at radius 3 is 2.45 bits per heavy atom. The summed E-state index contributed by atoms with van der Waals surface area (Å²) in [5.41, 5.74) is -1.58. The minimum Gasteiger partial charge on any atom is -0.481 e. The van der Waals surface area contributed by atoms with Gasteiger partial charge in [-0.1, -0.05) is 15.9 Å². The summed E-state index contributed by atoms with van der Waals surface area (Å²) in [7, 11) is 0. The van der Waals surface area contributed by atoms with Crippen LogP contribution < -0.4 is 4.74 Å². The summed E-state index contributed by atoms with van der Waals surface area (Å²) < 4.78 is 65.4. The summed E-state index contributed by atoms with van der Waals surface area (Å²) in [5, 5.41) is 8.47. The average Bonchev–Trinajstić information content (AvgIpc) is 2.28. The van der Waals surface area contributed by atoms with Crippen LogP contribution in [0.4, 0.5) is 22.0 Å². The maximum Gasteiger partial charge on any atom is 0.573 e. The SMILES string of the molecule is O=C(O)Cc1c(OC(F)(F)F)cc(C(F)F)nc1CBr. The second kappa shape index (κ2) is 6.33. The lowest BCUT2D eigenvalue weighted by molar-refractivity contribution is -0.275. The first-order chi connectivity index (χ1) is 9.14. The fourth-order valence-corrected chi connectivity index (χ4v) is 1.86. The Labute approximate surface area is 117 Å². The molecule has 0 aliphatic heterocycles. The first kappa shape index (κ1) is 16.6. The van der Waals surface area contributed by atoms with E-state index in [1.54, 1.807) is 0 Å². The number of carboxylic acids is 1. The van der Waals surface area contributed by atoms with Crippen LogP contribution in [0.2, 0.25) is 0 Å². The van der Waals surface area contributed by atoms with Crippen LogP contribution in [0.5, 0.6) is 5.75 Å². The van der Waals surface area contributed by atoms with Gasteiger partial charge in [-0.3, -0.25) is 9.78 Å². The van der Waals surface area contributed by atoms with Gasteiger partial charge in [0, 0.05) is 17.0 Å². The zero-order valence-electron chi connectivity index (χ0n) is 9.55. The monoisotopic (exact) mass is 363 g/mol. The lowest BCUT2D eigenvalue weighted by atomic mass is 10.1. The van der Waals surface area contributed by atoms with E-state index in [9.17, 15) is 26.7 Å². The van der Waals surface area contributed by atoms with Gasteiger partial charge in [0.15, 0.2) is 0 Å². The zero-order valence-corrected chi connectivity index (χ0v) is 11.1. The molecule has 4 nitrogen and oxygen atoms in total. The van der Waals surface area contributed by atoms with Crippen molar-refractivity contribution in [3.05, 3.63) is 23.0 Å². The molecule has 0 atom stereocenters. The van der Waals surface area contributed by atoms with Crippen LogP contribution >= 0.6 is 15.9 Å². The highest BCUT2D eigenvalue weighted by molar-refractivity contribution is 9.08. The Morgan fingerprint density at radius 2 is 2.05 bits per heavy atom. The van der Waals surface area contributed by atoms with Gasteiger partial charge in [0.05, 0.1) is 12.1 Å². The van der Waals surface area contributed by atoms with Crippen molar-refractivity contribution in [2.75, 3.05) is 0 Å². The second-order valence-corrected chi connectivity index (χ2v) is 4.08. The number of ether oxygens (including phenoxy) is 1. The van der Waals surface area contributed by atoms with Crippen molar-refractivity contribution in [1.29, 1.82) is 0 Å². The van der Waals surface area contributed by atoms with E-state index in [0.29, 0.717) is 6.07 Å². The van der Waals surface area contributed by atoms with Gasteiger partial charge >= 0.3 is 12.3 Å². The molecule has 1 aromatic heterocycles. The lowest BCUT2D eigenvalue weighted by Gasteiger charge is -2.16. The largest absolute Gasteiger partial charge is 0.573 e. The van der Waals surface area contributed by atoms with Crippen molar-refractivity contribution >= 4 is 21.9 Å². The van der Waals surface area contributed by atoms with Gasteiger partial charge in [0.2, 0.25) is 0 Å². The van der Waals surface area contributed by atoms with E-state index < -0.39 is 42.2 Å². The van der Waals surface area contributed by atoms with E-state index in [2.05, 4.69) is 25.7 Å². The predicted molar refractivity (Wildman–Crippen MR) is 59.8 cm³/mol. The van der Waals surface area contributed by atoms with E-state index in [0.717, 1.165) is 0 Å². The molecule has 0 unspecified atom stereocenters. The smallest absolute Gasteiger partial charge is 0.481 e. The third-order valence-corrected chi connectivity index (χ3v) is 2.62. The second-order valence-electron chi connectivity index (χ2n) is 3.52. The fourth-order valence-electron chi connectivity index (χ4n) is 1.40. The Balaban J connectivity index is 3.39. The van der Waals surface area contributed by atoms with Gasteiger partial charge in [-0.05, 0) is 0 Å². The van der Waals surface area contributed by atoms with E-state index in [1.807, 2.05) is 0 Å². The summed E-state index contributed by atoms with van der Waals surface area (Å²) in [5.74, 6) is -2.43. The number of rotatable bonds is 5.